The first-order valence-corrected chi connectivity index (χ1v) is 4.77. The summed E-state index contributed by atoms with van der Waals surface area (Å²) in [6, 6.07) is 2.55. The third kappa shape index (κ3) is 2.92. The SMILES string of the molecule is CC(C)C(Nc1nccc(C#N)n1)C(=O)O. The molecule has 0 radical (unpaired) electrons. The number of anilines is 1. The lowest BCUT2D eigenvalue weighted by Gasteiger charge is -2.17. The summed E-state index contributed by atoms with van der Waals surface area (Å²) in [4.78, 5) is 18.6. The molecule has 0 aliphatic rings. The van der Waals surface area contributed by atoms with Crippen LogP contribution in [0.3, 0.4) is 0 Å². The molecule has 1 heterocycles. The second-order valence-electron chi connectivity index (χ2n) is 3.58. The van der Waals surface area contributed by atoms with Crippen molar-refractivity contribution in [3.05, 3.63) is 18.0 Å². The summed E-state index contributed by atoms with van der Waals surface area (Å²) >= 11 is 0. The molecule has 0 aliphatic carbocycles. The number of nitrogens with zero attached hydrogens (tertiary/aromatic N) is 3. The van der Waals surface area contributed by atoms with E-state index in [0.717, 1.165) is 0 Å². The molecule has 0 aromatic carbocycles. The fourth-order valence-corrected chi connectivity index (χ4v) is 1.14. The molecule has 0 bridgehead atoms. The molecule has 6 heteroatoms. The number of carboxylic acid groups (broad SMARTS) is 1. The van der Waals surface area contributed by atoms with Gasteiger partial charge in [-0.15, -0.1) is 0 Å². The van der Waals surface area contributed by atoms with Gasteiger partial charge in [0.1, 0.15) is 17.8 Å². The van der Waals surface area contributed by atoms with Crippen LogP contribution in [0.1, 0.15) is 19.5 Å². The molecule has 0 fully saturated rings. The van der Waals surface area contributed by atoms with Crippen LogP contribution >= 0.6 is 0 Å². The van der Waals surface area contributed by atoms with E-state index < -0.39 is 12.0 Å². The van der Waals surface area contributed by atoms with E-state index in [2.05, 4.69) is 15.3 Å². The average Bonchev–Trinajstić information content (AvgIpc) is 2.25. The van der Waals surface area contributed by atoms with Crippen molar-refractivity contribution in [3.8, 4) is 6.07 Å². The lowest BCUT2D eigenvalue weighted by molar-refractivity contribution is -0.138. The predicted octanol–water partition coefficient (Wildman–Crippen LogP) is 0.869. The summed E-state index contributed by atoms with van der Waals surface area (Å²) < 4.78 is 0. The van der Waals surface area contributed by atoms with E-state index in [1.165, 1.54) is 12.3 Å². The summed E-state index contributed by atoms with van der Waals surface area (Å²) in [6.45, 7) is 3.56. The molecule has 1 rings (SSSR count). The Hall–Kier alpha value is -2.16. The van der Waals surface area contributed by atoms with Crippen molar-refractivity contribution >= 4 is 11.9 Å². The summed E-state index contributed by atoms with van der Waals surface area (Å²) in [6.07, 6.45) is 1.41. The maximum Gasteiger partial charge on any atom is 0.326 e. The summed E-state index contributed by atoms with van der Waals surface area (Å²) in [5.41, 5.74) is 0.199. The van der Waals surface area contributed by atoms with Crippen molar-refractivity contribution in [1.29, 1.82) is 5.26 Å². The minimum absolute atomic E-state index is 0.105. The van der Waals surface area contributed by atoms with Gasteiger partial charge >= 0.3 is 5.97 Å². The summed E-state index contributed by atoms with van der Waals surface area (Å²) in [5.74, 6) is -0.923. The summed E-state index contributed by atoms with van der Waals surface area (Å²) in [5, 5.41) is 20.3. The maximum absolute atomic E-state index is 10.9. The quantitative estimate of drug-likeness (QED) is 0.781. The highest BCUT2D eigenvalue weighted by Gasteiger charge is 2.21. The topological polar surface area (TPSA) is 98.9 Å². The van der Waals surface area contributed by atoms with Crippen LogP contribution in [0.25, 0.3) is 0 Å². The third-order valence-electron chi connectivity index (χ3n) is 1.99. The van der Waals surface area contributed by atoms with Crippen LogP contribution < -0.4 is 5.32 Å². The highest BCUT2D eigenvalue weighted by molar-refractivity contribution is 5.76. The van der Waals surface area contributed by atoms with E-state index in [1.807, 2.05) is 6.07 Å². The molecule has 0 spiro atoms. The van der Waals surface area contributed by atoms with Crippen molar-refractivity contribution in [2.45, 2.75) is 19.9 Å². The van der Waals surface area contributed by atoms with Gasteiger partial charge in [0, 0.05) is 6.20 Å². The zero-order valence-electron chi connectivity index (χ0n) is 9.01. The van der Waals surface area contributed by atoms with Gasteiger partial charge < -0.3 is 10.4 Å². The zero-order chi connectivity index (χ0) is 12.1. The lowest BCUT2D eigenvalue weighted by atomic mass is 10.1. The number of hydrogen-bond donors (Lipinski definition) is 2. The zero-order valence-corrected chi connectivity index (χ0v) is 9.01. The van der Waals surface area contributed by atoms with Crippen molar-refractivity contribution < 1.29 is 9.90 Å². The number of nitriles is 1. The Morgan fingerprint density at radius 2 is 2.31 bits per heavy atom. The first-order valence-electron chi connectivity index (χ1n) is 4.77. The summed E-state index contributed by atoms with van der Waals surface area (Å²) in [7, 11) is 0. The van der Waals surface area contributed by atoms with E-state index in [1.54, 1.807) is 13.8 Å². The van der Waals surface area contributed by atoms with Crippen molar-refractivity contribution in [2.24, 2.45) is 5.92 Å². The molecule has 0 aliphatic heterocycles. The minimum atomic E-state index is -0.971. The number of hydrogen-bond acceptors (Lipinski definition) is 5. The number of carbonyl (C=O) groups is 1. The molecule has 1 atom stereocenters. The van der Waals surface area contributed by atoms with Crippen LogP contribution in [0.2, 0.25) is 0 Å². The van der Waals surface area contributed by atoms with Crippen molar-refractivity contribution in [1.82, 2.24) is 9.97 Å². The number of rotatable bonds is 4. The highest BCUT2D eigenvalue weighted by Crippen LogP contribution is 2.08. The Balaban J connectivity index is 2.86. The van der Waals surface area contributed by atoms with E-state index in [4.69, 9.17) is 10.4 Å². The molecule has 0 saturated heterocycles. The molecule has 6 nitrogen and oxygen atoms in total. The van der Waals surface area contributed by atoms with Crippen molar-refractivity contribution in [3.63, 3.8) is 0 Å². The molecule has 84 valence electrons. The molecule has 1 aromatic heterocycles. The smallest absolute Gasteiger partial charge is 0.326 e. The molecular weight excluding hydrogens is 208 g/mol. The normalized spacial score (nSPS) is 11.9. The van der Waals surface area contributed by atoms with Gasteiger partial charge in [0.2, 0.25) is 5.95 Å². The van der Waals surface area contributed by atoms with Gasteiger partial charge in [0.05, 0.1) is 0 Å². The average molecular weight is 220 g/mol. The fourth-order valence-electron chi connectivity index (χ4n) is 1.14. The number of aliphatic carboxylic acids is 1. The van der Waals surface area contributed by atoms with Crippen LogP contribution in [0.5, 0.6) is 0 Å². The van der Waals surface area contributed by atoms with Crippen LogP contribution in [0.4, 0.5) is 5.95 Å². The predicted molar refractivity (Wildman–Crippen MR) is 56.6 cm³/mol. The Labute approximate surface area is 93.0 Å². The monoisotopic (exact) mass is 220 g/mol. The van der Waals surface area contributed by atoms with Gasteiger partial charge in [-0.3, -0.25) is 0 Å². The van der Waals surface area contributed by atoms with Gasteiger partial charge in [0.15, 0.2) is 0 Å². The fraction of sp³-hybridized carbons (Fsp3) is 0.400. The maximum atomic E-state index is 10.9. The molecule has 1 aromatic rings. The van der Waals surface area contributed by atoms with E-state index >= 15 is 0 Å². The Morgan fingerprint density at radius 3 is 2.81 bits per heavy atom. The minimum Gasteiger partial charge on any atom is -0.480 e. The molecular formula is C10H12N4O2. The molecule has 0 amide bonds. The van der Waals surface area contributed by atoms with Gasteiger partial charge in [-0.05, 0) is 12.0 Å². The first-order chi connectivity index (χ1) is 7.54. The van der Waals surface area contributed by atoms with Crippen LogP contribution in [0, 0.1) is 17.2 Å². The van der Waals surface area contributed by atoms with E-state index in [0.29, 0.717) is 0 Å². The van der Waals surface area contributed by atoms with Gasteiger partial charge in [-0.2, -0.15) is 5.26 Å². The van der Waals surface area contributed by atoms with Crippen molar-refractivity contribution in [2.75, 3.05) is 5.32 Å². The second kappa shape index (κ2) is 5.07. The number of aromatic nitrogens is 2. The van der Waals surface area contributed by atoms with Crippen LogP contribution in [-0.2, 0) is 4.79 Å². The molecule has 0 saturated carbocycles. The second-order valence-corrected chi connectivity index (χ2v) is 3.58. The largest absolute Gasteiger partial charge is 0.480 e. The number of nitrogens with one attached hydrogen (secondary N) is 1. The number of carboxylic acids is 1. The first kappa shape index (κ1) is 11.9. The third-order valence-corrected chi connectivity index (χ3v) is 1.99. The van der Waals surface area contributed by atoms with Gasteiger partial charge in [0.25, 0.3) is 0 Å². The highest BCUT2D eigenvalue weighted by atomic mass is 16.4. The molecule has 16 heavy (non-hydrogen) atoms. The molecule has 1 unspecified atom stereocenters. The van der Waals surface area contributed by atoms with Gasteiger partial charge in [-0.25, -0.2) is 14.8 Å². The standard InChI is InChI=1S/C10H12N4O2/c1-6(2)8(9(15)16)14-10-12-4-3-7(5-11)13-10/h3-4,6,8H,1-2H3,(H,15,16)(H,12,13,14). The van der Waals surface area contributed by atoms with E-state index in [9.17, 15) is 4.79 Å². The lowest BCUT2D eigenvalue weighted by Crippen LogP contribution is -2.35. The Bertz CT molecular complexity index is 425. The van der Waals surface area contributed by atoms with Crippen LogP contribution in [-0.4, -0.2) is 27.1 Å². The van der Waals surface area contributed by atoms with E-state index in [-0.39, 0.29) is 17.6 Å². The van der Waals surface area contributed by atoms with Gasteiger partial charge in [-0.1, -0.05) is 13.8 Å². The Kier molecular flexibility index (Phi) is 3.78. The Morgan fingerprint density at radius 1 is 1.62 bits per heavy atom. The molecule has 2 N–H and O–H groups in total. The van der Waals surface area contributed by atoms with Crippen LogP contribution in [0.15, 0.2) is 12.3 Å².